The Kier molecular flexibility index (Phi) is 4.86. The number of thiophene rings is 1. The molecule has 0 aliphatic heterocycles. The molecule has 0 aliphatic carbocycles. The highest BCUT2D eigenvalue weighted by Gasteiger charge is 2.19. The van der Waals surface area contributed by atoms with Crippen molar-refractivity contribution in [1.29, 1.82) is 0 Å². The van der Waals surface area contributed by atoms with Crippen LogP contribution in [0, 0.1) is 0 Å². The summed E-state index contributed by atoms with van der Waals surface area (Å²) in [6.45, 7) is 0. The topological polar surface area (TPSA) is 87.3 Å². The van der Waals surface area contributed by atoms with Gasteiger partial charge in [-0.1, -0.05) is 0 Å². The standard InChI is InChI=1S/C12H12BrN3O3S2/c1-14-12(17)15-8-2-4-9(5-3-8)16-21(18,19)11-10(13)6-7-20-11/h2-7,16H,1H3,(H2,14,15,17). The van der Waals surface area contributed by atoms with E-state index in [0.717, 1.165) is 11.3 Å². The van der Waals surface area contributed by atoms with Gasteiger partial charge in [0.05, 0.1) is 0 Å². The number of carbonyl (C=O) groups excluding carboxylic acids is 1. The molecule has 0 fully saturated rings. The van der Waals surface area contributed by atoms with Crippen LogP contribution in [0.2, 0.25) is 0 Å². The van der Waals surface area contributed by atoms with Crippen LogP contribution in [-0.4, -0.2) is 21.5 Å². The van der Waals surface area contributed by atoms with Crippen LogP contribution in [0.5, 0.6) is 0 Å². The van der Waals surface area contributed by atoms with Crippen LogP contribution in [0.3, 0.4) is 0 Å². The Morgan fingerprint density at radius 1 is 1.14 bits per heavy atom. The van der Waals surface area contributed by atoms with Crippen molar-refractivity contribution >= 4 is 54.7 Å². The van der Waals surface area contributed by atoms with Crippen LogP contribution in [0.15, 0.2) is 44.4 Å². The van der Waals surface area contributed by atoms with E-state index in [1.807, 2.05) is 0 Å². The smallest absolute Gasteiger partial charge is 0.318 e. The molecule has 3 N–H and O–H groups in total. The number of sulfonamides is 1. The van der Waals surface area contributed by atoms with Gasteiger partial charge >= 0.3 is 6.03 Å². The summed E-state index contributed by atoms with van der Waals surface area (Å²) in [5.41, 5.74) is 0.979. The number of halogens is 1. The predicted molar refractivity (Wildman–Crippen MR) is 87.3 cm³/mol. The molecule has 9 heteroatoms. The largest absolute Gasteiger partial charge is 0.341 e. The number of hydrogen-bond donors (Lipinski definition) is 3. The summed E-state index contributed by atoms with van der Waals surface area (Å²) in [6, 6.07) is 7.70. The molecule has 21 heavy (non-hydrogen) atoms. The zero-order valence-electron chi connectivity index (χ0n) is 10.9. The van der Waals surface area contributed by atoms with Gasteiger partial charge in [-0.2, -0.15) is 0 Å². The fourth-order valence-electron chi connectivity index (χ4n) is 1.49. The molecule has 0 unspecified atom stereocenters. The van der Waals surface area contributed by atoms with Crippen LogP contribution in [0.4, 0.5) is 16.2 Å². The van der Waals surface area contributed by atoms with Crippen LogP contribution < -0.4 is 15.4 Å². The van der Waals surface area contributed by atoms with E-state index in [1.165, 1.54) is 7.05 Å². The van der Waals surface area contributed by atoms with Gasteiger partial charge < -0.3 is 10.6 Å². The number of anilines is 2. The Morgan fingerprint density at radius 2 is 1.76 bits per heavy atom. The molecule has 2 rings (SSSR count). The highest BCUT2D eigenvalue weighted by Crippen LogP contribution is 2.29. The van der Waals surface area contributed by atoms with E-state index in [0.29, 0.717) is 15.8 Å². The summed E-state index contributed by atoms with van der Waals surface area (Å²) in [4.78, 5) is 11.2. The van der Waals surface area contributed by atoms with Crippen molar-refractivity contribution in [2.45, 2.75) is 4.21 Å². The Hall–Kier alpha value is -1.58. The number of hydrogen-bond acceptors (Lipinski definition) is 4. The average Bonchev–Trinajstić information content (AvgIpc) is 2.87. The van der Waals surface area contributed by atoms with Gasteiger partial charge in [0, 0.05) is 22.9 Å². The molecule has 1 heterocycles. The molecule has 112 valence electrons. The second kappa shape index (κ2) is 6.46. The maximum absolute atomic E-state index is 12.2. The van der Waals surface area contributed by atoms with Gasteiger partial charge in [-0.25, -0.2) is 13.2 Å². The molecule has 2 aromatic rings. The Labute approximate surface area is 134 Å². The molecule has 1 aromatic heterocycles. The predicted octanol–water partition coefficient (Wildman–Crippen LogP) is 3.06. The first kappa shape index (κ1) is 15.8. The van der Waals surface area contributed by atoms with E-state index in [1.54, 1.807) is 35.7 Å². The number of nitrogens with one attached hydrogen (secondary N) is 3. The minimum atomic E-state index is -3.62. The van der Waals surface area contributed by atoms with Gasteiger partial charge in [0.2, 0.25) is 0 Å². The van der Waals surface area contributed by atoms with Crippen molar-refractivity contribution in [2.75, 3.05) is 17.1 Å². The third-order valence-electron chi connectivity index (χ3n) is 2.45. The molecular formula is C12H12BrN3O3S2. The van der Waals surface area contributed by atoms with E-state index in [2.05, 4.69) is 31.3 Å². The molecule has 0 bridgehead atoms. The van der Waals surface area contributed by atoms with E-state index in [9.17, 15) is 13.2 Å². The van der Waals surface area contributed by atoms with E-state index in [4.69, 9.17) is 0 Å². The highest BCUT2D eigenvalue weighted by molar-refractivity contribution is 9.10. The van der Waals surface area contributed by atoms with Crippen LogP contribution in [0.25, 0.3) is 0 Å². The van der Waals surface area contributed by atoms with Crippen LogP contribution in [0.1, 0.15) is 0 Å². The molecule has 0 radical (unpaired) electrons. The van der Waals surface area contributed by atoms with Gasteiger partial charge in [-0.3, -0.25) is 4.72 Å². The monoisotopic (exact) mass is 389 g/mol. The van der Waals surface area contributed by atoms with Crippen LogP contribution in [-0.2, 0) is 10.0 Å². The molecule has 0 atom stereocenters. The summed E-state index contributed by atoms with van der Waals surface area (Å²) >= 11 is 4.33. The van der Waals surface area contributed by atoms with E-state index in [-0.39, 0.29) is 10.2 Å². The van der Waals surface area contributed by atoms with Gasteiger partial charge in [-0.15, -0.1) is 11.3 Å². The highest BCUT2D eigenvalue weighted by atomic mass is 79.9. The molecule has 0 saturated heterocycles. The Balaban J connectivity index is 2.14. The Bertz CT molecular complexity index is 741. The van der Waals surface area contributed by atoms with Gasteiger partial charge in [0.1, 0.15) is 0 Å². The lowest BCUT2D eigenvalue weighted by Crippen LogP contribution is -2.24. The van der Waals surface area contributed by atoms with E-state index >= 15 is 0 Å². The van der Waals surface area contributed by atoms with Crippen molar-refractivity contribution in [2.24, 2.45) is 0 Å². The second-order valence-corrected chi connectivity index (χ2v) is 7.59. The van der Waals surface area contributed by atoms with E-state index < -0.39 is 10.0 Å². The lowest BCUT2D eigenvalue weighted by atomic mass is 10.3. The summed E-state index contributed by atoms with van der Waals surface area (Å²) < 4.78 is 27.6. The lowest BCUT2D eigenvalue weighted by molar-refractivity contribution is 0.254. The molecule has 0 saturated carbocycles. The lowest BCUT2D eigenvalue weighted by Gasteiger charge is -2.08. The fraction of sp³-hybridized carbons (Fsp3) is 0.0833. The maximum Gasteiger partial charge on any atom is 0.318 e. The maximum atomic E-state index is 12.2. The molecule has 0 aliphatic rings. The SMILES string of the molecule is CNC(=O)Nc1ccc(NS(=O)(=O)c2sccc2Br)cc1. The van der Waals surface area contributed by atoms with Gasteiger partial charge in [0.15, 0.2) is 4.21 Å². The average molecular weight is 390 g/mol. The number of amides is 2. The quantitative estimate of drug-likeness (QED) is 0.750. The molecular weight excluding hydrogens is 378 g/mol. The first-order valence-electron chi connectivity index (χ1n) is 5.77. The summed E-state index contributed by atoms with van der Waals surface area (Å²) in [6.07, 6.45) is 0. The summed E-state index contributed by atoms with van der Waals surface area (Å²) in [7, 11) is -2.11. The zero-order valence-corrected chi connectivity index (χ0v) is 14.1. The minimum Gasteiger partial charge on any atom is -0.341 e. The molecule has 2 amide bonds. The number of rotatable bonds is 4. The minimum absolute atomic E-state index is 0.218. The second-order valence-electron chi connectivity index (χ2n) is 3.94. The normalized spacial score (nSPS) is 11.0. The van der Waals surface area contributed by atoms with Crippen LogP contribution >= 0.6 is 27.3 Å². The first-order valence-corrected chi connectivity index (χ1v) is 8.92. The fourth-order valence-corrected chi connectivity index (χ4v) is 4.89. The van der Waals surface area contributed by atoms with Crippen molar-refractivity contribution in [1.82, 2.24) is 5.32 Å². The van der Waals surface area contributed by atoms with Crippen molar-refractivity contribution in [3.05, 3.63) is 40.2 Å². The number of urea groups is 1. The summed E-state index contributed by atoms with van der Waals surface area (Å²) in [5, 5.41) is 6.70. The Morgan fingerprint density at radius 3 is 2.29 bits per heavy atom. The third kappa shape index (κ3) is 3.96. The third-order valence-corrected chi connectivity index (χ3v) is 6.50. The zero-order chi connectivity index (χ0) is 15.5. The van der Waals surface area contributed by atoms with Crippen molar-refractivity contribution in [3.63, 3.8) is 0 Å². The molecule has 1 aromatic carbocycles. The summed E-state index contributed by atoms with van der Waals surface area (Å²) in [5.74, 6) is 0. The molecule has 6 nitrogen and oxygen atoms in total. The van der Waals surface area contributed by atoms with Crippen molar-refractivity contribution < 1.29 is 13.2 Å². The number of carbonyl (C=O) groups is 1. The first-order chi connectivity index (χ1) is 9.92. The van der Waals surface area contributed by atoms with Gasteiger partial charge in [0.25, 0.3) is 10.0 Å². The van der Waals surface area contributed by atoms with Gasteiger partial charge in [-0.05, 0) is 51.6 Å². The number of benzene rings is 1. The van der Waals surface area contributed by atoms with Crippen molar-refractivity contribution in [3.8, 4) is 0 Å². The molecule has 0 spiro atoms.